The molecule has 7 unspecified atom stereocenters. The fraction of sp³-hybridized carbons (Fsp3) is 0.812. The highest BCUT2D eigenvalue weighted by Gasteiger charge is 2.44. The third-order valence-corrected chi connectivity index (χ3v) is 10.9. The van der Waals surface area contributed by atoms with Crippen molar-refractivity contribution in [1.29, 1.82) is 0 Å². The van der Waals surface area contributed by atoms with Gasteiger partial charge in [0, 0.05) is 6.42 Å². The maximum atomic E-state index is 12.9. The highest BCUT2D eigenvalue weighted by atomic mass is 16.7. The highest BCUT2D eigenvalue weighted by Crippen LogP contribution is 2.22. The monoisotopic (exact) mass is 806 g/mol. The molecule has 1 saturated heterocycles. The number of aliphatic hydroxyl groups is 5. The molecule has 0 aromatic rings. The van der Waals surface area contributed by atoms with Crippen LogP contribution in [0.1, 0.15) is 194 Å². The Morgan fingerprint density at radius 3 is 1.58 bits per heavy atom. The van der Waals surface area contributed by atoms with E-state index in [0.29, 0.717) is 6.42 Å². The summed E-state index contributed by atoms with van der Waals surface area (Å²) in [6.45, 7) is 3.71. The van der Waals surface area contributed by atoms with Crippen LogP contribution in [-0.4, -0.2) is 87.5 Å². The third-order valence-electron chi connectivity index (χ3n) is 10.9. The highest BCUT2D eigenvalue weighted by molar-refractivity contribution is 5.76. The average Bonchev–Trinajstić information content (AvgIpc) is 3.21. The van der Waals surface area contributed by atoms with Gasteiger partial charge in [0.05, 0.1) is 25.4 Å². The van der Waals surface area contributed by atoms with Crippen LogP contribution in [0.4, 0.5) is 0 Å². The number of allylic oxidation sites excluding steroid dienone is 7. The van der Waals surface area contributed by atoms with Gasteiger partial charge in [-0.3, -0.25) is 4.79 Å². The quantitative estimate of drug-likeness (QED) is 0.0267. The van der Waals surface area contributed by atoms with Gasteiger partial charge in [-0.15, -0.1) is 0 Å². The number of hydrogen-bond acceptors (Lipinski definition) is 8. The lowest BCUT2D eigenvalue weighted by atomic mass is 9.99. The Bertz CT molecular complexity index is 1030. The summed E-state index contributed by atoms with van der Waals surface area (Å²) in [6, 6.07) is -0.851. The molecule has 57 heavy (non-hydrogen) atoms. The Hall–Kier alpha value is -1.85. The zero-order chi connectivity index (χ0) is 41.6. The SMILES string of the molecule is CCCCCCCC/C=C\C/C=C\CCC(=O)NC(COC1OC(CO)C(O)C(O)C1O)C(O)/C=C/CC/C=C/CCCCCCCCCCCCCCCCC. The maximum absolute atomic E-state index is 12.9. The number of carbonyl (C=O) groups is 1. The molecular formula is C48H87NO8. The fourth-order valence-corrected chi connectivity index (χ4v) is 7.10. The molecule has 1 aliphatic rings. The third kappa shape index (κ3) is 29.1. The maximum Gasteiger partial charge on any atom is 0.220 e. The second-order valence-electron chi connectivity index (χ2n) is 16.2. The van der Waals surface area contributed by atoms with E-state index in [1.54, 1.807) is 6.08 Å². The average molecular weight is 806 g/mol. The van der Waals surface area contributed by atoms with Crippen LogP contribution < -0.4 is 5.32 Å². The van der Waals surface area contributed by atoms with Crippen molar-refractivity contribution < 1.29 is 39.8 Å². The molecule has 9 nitrogen and oxygen atoms in total. The number of hydrogen-bond donors (Lipinski definition) is 6. The Labute approximate surface area is 348 Å². The first-order chi connectivity index (χ1) is 27.8. The van der Waals surface area contributed by atoms with Gasteiger partial charge in [0.15, 0.2) is 6.29 Å². The van der Waals surface area contributed by atoms with Crippen molar-refractivity contribution in [3.63, 3.8) is 0 Å². The number of nitrogens with one attached hydrogen (secondary N) is 1. The van der Waals surface area contributed by atoms with Gasteiger partial charge in [-0.2, -0.15) is 0 Å². The van der Waals surface area contributed by atoms with Crippen LogP contribution >= 0.6 is 0 Å². The number of carbonyl (C=O) groups excluding carboxylic acids is 1. The minimum atomic E-state index is -1.58. The molecule has 332 valence electrons. The first kappa shape index (κ1) is 53.2. The number of ether oxygens (including phenoxy) is 2. The van der Waals surface area contributed by atoms with Crippen molar-refractivity contribution in [2.75, 3.05) is 13.2 Å². The zero-order valence-electron chi connectivity index (χ0n) is 36.3. The summed E-state index contributed by atoms with van der Waals surface area (Å²) in [6.07, 6.45) is 41.8. The van der Waals surface area contributed by atoms with Crippen molar-refractivity contribution >= 4 is 5.91 Å². The van der Waals surface area contributed by atoms with Crippen LogP contribution in [0.15, 0.2) is 48.6 Å². The van der Waals surface area contributed by atoms with Gasteiger partial charge in [0.25, 0.3) is 0 Å². The van der Waals surface area contributed by atoms with Crippen molar-refractivity contribution in [1.82, 2.24) is 5.32 Å². The molecule has 9 heteroatoms. The molecule has 0 aliphatic carbocycles. The topological polar surface area (TPSA) is 149 Å². The van der Waals surface area contributed by atoms with Crippen LogP contribution in [0.25, 0.3) is 0 Å². The lowest BCUT2D eigenvalue weighted by Gasteiger charge is -2.40. The van der Waals surface area contributed by atoms with Crippen LogP contribution in [0, 0.1) is 0 Å². The minimum absolute atomic E-state index is 0.224. The van der Waals surface area contributed by atoms with E-state index in [1.807, 2.05) is 12.2 Å². The van der Waals surface area contributed by atoms with E-state index in [1.165, 1.54) is 135 Å². The molecule has 0 aromatic heterocycles. The number of rotatable bonds is 38. The van der Waals surface area contributed by atoms with Crippen molar-refractivity contribution in [2.45, 2.75) is 236 Å². The summed E-state index contributed by atoms with van der Waals surface area (Å²) in [5.41, 5.74) is 0. The summed E-state index contributed by atoms with van der Waals surface area (Å²) < 4.78 is 11.2. The molecule has 0 radical (unpaired) electrons. The summed E-state index contributed by atoms with van der Waals surface area (Å²) in [4.78, 5) is 12.9. The van der Waals surface area contributed by atoms with Gasteiger partial charge in [-0.1, -0.05) is 184 Å². The van der Waals surface area contributed by atoms with Gasteiger partial charge in [0.1, 0.15) is 24.4 Å². The molecule has 1 rings (SSSR count). The van der Waals surface area contributed by atoms with Crippen LogP contribution in [0.3, 0.4) is 0 Å². The van der Waals surface area contributed by atoms with E-state index >= 15 is 0 Å². The zero-order valence-corrected chi connectivity index (χ0v) is 36.3. The van der Waals surface area contributed by atoms with Gasteiger partial charge in [-0.05, 0) is 51.4 Å². The van der Waals surface area contributed by atoms with Gasteiger partial charge in [0.2, 0.25) is 5.91 Å². The largest absolute Gasteiger partial charge is 0.394 e. The van der Waals surface area contributed by atoms with E-state index in [9.17, 15) is 30.3 Å². The first-order valence-corrected chi connectivity index (χ1v) is 23.4. The molecular weight excluding hydrogens is 719 g/mol. The second kappa shape index (κ2) is 38.4. The predicted molar refractivity (Wildman–Crippen MR) is 235 cm³/mol. The number of unbranched alkanes of at least 4 members (excludes halogenated alkanes) is 22. The minimum Gasteiger partial charge on any atom is -0.394 e. The van der Waals surface area contributed by atoms with E-state index < -0.39 is 49.5 Å². The Morgan fingerprint density at radius 1 is 0.596 bits per heavy atom. The van der Waals surface area contributed by atoms with E-state index in [2.05, 4.69) is 49.5 Å². The summed E-state index contributed by atoms with van der Waals surface area (Å²) in [5, 5.41) is 54.1. The summed E-state index contributed by atoms with van der Waals surface area (Å²) >= 11 is 0. The van der Waals surface area contributed by atoms with Crippen molar-refractivity contribution in [3.05, 3.63) is 48.6 Å². The molecule has 7 atom stereocenters. The molecule has 0 aromatic carbocycles. The van der Waals surface area contributed by atoms with Gasteiger partial charge >= 0.3 is 0 Å². The number of aliphatic hydroxyl groups excluding tert-OH is 5. The lowest BCUT2D eigenvalue weighted by molar-refractivity contribution is -0.302. The number of amides is 1. The smallest absolute Gasteiger partial charge is 0.220 e. The molecule has 0 bridgehead atoms. The fourth-order valence-electron chi connectivity index (χ4n) is 7.10. The molecule has 6 N–H and O–H groups in total. The van der Waals surface area contributed by atoms with E-state index in [-0.39, 0.29) is 18.9 Å². The standard InChI is InChI=1S/C48H87NO8/c1-3-5-7-9-11-13-15-17-18-19-20-21-22-23-24-26-27-29-31-33-35-37-42(51)41(40-56-48-47(55)46(54)45(53)43(39-50)57-48)49-44(52)38-36-34-32-30-28-25-16-14-12-10-8-6-4-2/h25,27-29,32,34-35,37,41-43,45-48,50-51,53-55H,3-24,26,30-31,33,36,38-40H2,1-2H3,(H,49,52)/b28-25-,29-27+,34-32-,37-35+. The Morgan fingerprint density at radius 2 is 1.05 bits per heavy atom. The molecule has 1 aliphatic heterocycles. The molecule has 0 saturated carbocycles. The second-order valence-corrected chi connectivity index (χ2v) is 16.2. The molecule has 1 amide bonds. The van der Waals surface area contributed by atoms with Crippen molar-refractivity contribution in [2.24, 2.45) is 0 Å². The van der Waals surface area contributed by atoms with Crippen LogP contribution in [0.2, 0.25) is 0 Å². The van der Waals surface area contributed by atoms with Gasteiger partial charge in [-0.25, -0.2) is 0 Å². The first-order valence-electron chi connectivity index (χ1n) is 23.4. The molecule has 1 fully saturated rings. The van der Waals surface area contributed by atoms with E-state index in [0.717, 1.165) is 32.1 Å². The predicted octanol–water partition coefficient (Wildman–Crippen LogP) is 9.84. The van der Waals surface area contributed by atoms with Gasteiger partial charge < -0.3 is 40.3 Å². The summed E-state index contributed by atoms with van der Waals surface area (Å²) in [7, 11) is 0. The normalized spacial score (nSPS) is 21.4. The Balaban J connectivity index is 2.39. The summed E-state index contributed by atoms with van der Waals surface area (Å²) in [5.74, 6) is -0.255. The van der Waals surface area contributed by atoms with Crippen LogP contribution in [0.5, 0.6) is 0 Å². The molecule has 0 spiro atoms. The van der Waals surface area contributed by atoms with Crippen molar-refractivity contribution in [3.8, 4) is 0 Å². The Kier molecular flexibility index (Phi) is 35.8. The van der Waals surface area contributed by atoms with Crippen LogP contribution in [-0.2, 0) is 14.3 Å². The molecule has 1 heterocycles. The lowest BCUT2D eigenvalue weighted by Crippen LogP contribution is -2.60. The van der Waals surface area contributed by atoms with E-state index in [4.69, 9.17) is 9.47 Å².